The summed E-state index contributed by atoms with van der Waals surface area (Å²) in [6, 6.07) is 87.8. The van der Waals surface area contributed by atoms with E-state index in [0.717, 1.165) is 28.3 Å². The highest BCUT2D eigenvalue weighted by molar-refractivity contribution is 6.10. The molecule has 282 valence electrons. The fraction of sp³-hybridized carbons (Fsp3) is 0. The predicted molar refractivity (Wildman–Crippen MR) is 255 cm³/mol. The summed E-state index contributed by atoms with van der Waals surface area (Å²) < 4.78 is 2.44. The summed E-state index contributed by atoms with van der Waals surface area (Å²) in [6.07, 6.45) is 0. The summed E-state index contributed by atoms with van der Waals surface area (Å²) in [6.45, 7) is 0. The average molecular weight is 765 g/mol. The Morgan fingerprint density at radius 2 is 0.717 bits per heavy atom. The topological polar surface area (TPSA) is 8.17 Å². The molecule has 0 atom stereocenters. The SMILES string of the molecule is c1ccc(-c2ccc(N(c3ccc(-c4ccccc4-n4c5ccccc5c5ccc(-c6ccccc6)cc54)cc3)c3ccc(-c4cccc5ccccc45)cc3)cc2)cc1. The van der Waals surface area contributed by atoms with E-state index in [2.05, 4.69) is 252 Å². The molecule has 0 spiro atoms. The van der Waals surface area contributed by atoms with Gasteiger partial charge in [0.05, 0.1) is 16.7 Å². The number of rotatable bonds is 8. The summed E-state index contributed by atoms with van der Waals surface area (Å²) in [5, 5.41) is 5.00. The molecule has 1 aromatic heterocycles. The van der Waals surface area contributed by atoms with Crippen molar-refractivity contribution in [3.8, 4) is 50.2 Å². The molecule has 0 bridgehead atoms. The second kappa shape index (κ2) is 15.1. The van der Waals surface area contributed by atoms with Gasteiger partial charge in [-0.2, -0.15) is 0 Å². The van der Waals surface area contributed by atoms with Gasteiger partial charge in [-0.3, -0.25) is 0 Å². The van der Waals surface area contributed by atoms with E-state index >= 15 is 0 Å². The van der Waals surface area contributed by atoms with Gasteiger partial charge < -0.3 is 9.47 Å². The van der Waals surface area contributed by atoms with E-state index in [0.29, 0.717) is 0 Å². The third-order valence-corrected chi connectivity index (χ3v) is 11.8. The maximum atomic E-state index is 2.44. The van der Waals surface area contributed by atoms with Gasteiger partial charge in [0.2, 0.25) is 0 Å². The van der Waals surface area contributed by atoms with Gasteiger partial charge in [0.25, 0.3) is 0 Å². The zero-order valence-electron chi connectivity index (χ0n) is 33.0. The van der Waals surface area contributed by atoms with Gasteiger partial charge in [0, 0.05) is 33.4 Å². The van der Waals surface area contributed by atoms with Crippen LogP contribution in [0.1, 0.15) is 0 Å². The van der Waals surface area contributed by atoms with Crippen LogP contribution in [0.4, 0.5) is 17.1 Å². The van der Waals surface area contributed by atoms with Gasteiger partial charge in [-0.25, -0.2) is 0 Å². The Kier molecular flexibility index (Phi) is 8.87. The van der Waals surface area contributed by atoms with Crippen molar-refractivity contribution >= 4 is 49.6 Å². The molecule has 0 radical (unpaired) electrons. The van der Waals surface area contributed by atoms with Gasteiger partial charge in [0.1, 0.15) is 0 Å². The first-order valence-corrected chi connectivity index (χ1v) is 20.6. The Balaban J connectivity index is 1.01. The standard InChI is InChI=1S/C58H40N2/c1-3-14-41(15-4-1)43-26-33-48(34-27-43)59(49-35-28-45(29-36-49)52-23-13-19-44-18-7-8-20-51(44)52)50-37-30-46(31-38-50)53-21-9-11-24-56(53)60-57-25-12-10-22-54(57)55-39-32-47(40-58(55)60)42-16-5-2-6-17-42/h1-40H. The minimum Gasteiger partial charge on any atom is -0.311 e. The van der Waals surface area contributed by atoms with E-state index in [1.54, 1.807) is 0 Å². The van der Waals surface area contributed by atoms with E-state index in [4.69, 9.17) is 0 Å². The normalized spacial score (nSPS) is 11.3. The molecule has 11 rings (SSSR count). The van der Waals surface area contributed by atoms with Crippen LogP contribution in [-0.4, -0.2) is 4.57 Å². The van der Waals surface area contributed by atoms with Gasteiger partial charge >= 0.3 is 0 Å². The smallest absolute Gasteiger partial charge is 0.0547 e. The van der Waals surface area contributed by atoms with Crippen LogP contribution in [0, 0.1) is 0 Å². The third-order valence-electron chi connectivity index (χ3n) is 11.8. The minimum atomic E-state index is 1.09. The summed E-state index contributed by atoms with van der Waals surface area (Å²) >= 11 is 0. The number of hydrogen-bond donors (Lipinski definition) is 0. The zero-order chi connectivity index (χ0) is 39.8. The Morgan fingerprint density at radius 3 is 1.40 bits per heavy atom. The van der Waals surface area contributed by atoms with Crippen LogP contribution >= 0.6 is 0 Å². The number of aromatic nitrogens is 1. The van der Waals surface area contributed by atoms with Gasteiger partial charge in [-0.1, -0.05) is 188 Å². The lowest BCUT2D eigenvalue weighted by Crippen LogP contribution is -2.09. The summed E-state index contributed by atoms with van der Waals surface area (Å²) in [7, 11) is 0. The maximum absolute atomic E-state index is 2.44. The summed E-state index contributed by atoms with van der Waals surface area (Å²) in [4.78, 5) is 2.36. The lowest BCUT2D eigenvalue weighted by atomic mass is 9.98. The van der Waals surface area contributed by atoms with Crippen molar-refractivity contribution in [2.24, 2.45) is 0 Å². The molecule has 0 saturated heterocycles. The van der Waals surface area contributed by atoms with Gasteiger partial charge in [-0.15, -0.1) is 0 Å². The van der Waals surface area contributed by atoms with Crippen LogP contribution < -0.4 is 4.90 Å². The first-order chi connectivity index (χ1) is 29.8. The lowest BCUT2D eigenvalue weighted by molar-refractivity contribution is 1.18. The molecule has 0 saturated carbocycles. The van der Waals surface area contributed by atoms with E-state index < -0.39 is 0 Å². The number of para-hydroxylation sites is 2. The molecular weight excluding hydrogens is 725 g/mol. The molecule has 0 fully saturated rings. The molecule has 0 aliphatic heterocycles. The van der Waals surface area contributed by atoms with Gasteiger partial charge in [0.15, 0.2) is 0 Å². The van der Waals surface area contributed by atoms with E-state index in [1.165, 1.54) is 71.5 Å². The number of fused-ring (bicyclic) bond motifs is 4. The van der Waals surface area contributed by atoms with Gasteiger partial charge in [-0.05, 0) is 104 Å². The fourth-order valence-corrected chi connectivity index (χ4v) is 8.89. The summed E-state index contributed by atoms with van der Waals surface area (Å²) in [5.41, 5.74) is 16.4. The van der Waals surface area contributed by atoms with Crippen LogP contribution in [0.5, 0.6) is 0 Å². The second-order valence-corrected chi connectivity index (χ2v) is 15.3. The molecule has 0 unspecified atom stereocenters. The van der Waals surface area contributed by atoms with Crippen molar-refractivity contribution < 1.29 is 0 Å². The zero-order valence-corrected chi connectivity index (χ0v) is 33.0. The molecule has 60 heavy (non-hydrogen) atoms. The van der Waals surface area contributed by atoms with Crippen molar-refractivity contribution in [1.82, 2.24) is 4.57 Å². The molecule has 1 heterocycles. The third kappa shape index (κ3) is 6.32. The number of benzene rings is 10. The number of nitrogens with zero attached hydrogens (tertiary/aromatic N) is 2. The summed E-state index contributed by atoms with van der Waals surface area (Å²) in [5.74, 6) is 0. The monoisotopic (exact) mass is 764 g/mol. The Hall–Kier alpha value is -7.94. The Morgan fingerprint density at radius 1 is 0.267 bits per heavy atom. The minimum absolute atomic E-state index is 1.09. The van der Waals surface area contributed by atoms with E-state index in [9.17, 15) is 0 Å². The van der Waals surface area contributed by atoms with Crippen molar-refractivity contribution in [3.05, 3.63) is 243 Å². The highest BCUT2D eigenvalue weighted by Gasteiger charge is 2.18. The van der Waals surface area contributed by atoms with Crippen molar-refractivity contribution in [2.75, 3.05) is 4.90 Å². The molecule has 11 aromatic rings. The first-order valence-electron chi connectivity index (χ1n) is 20.6. The quantitative estimate of drug-likeness (QED) is 0.150. The molecule has 10 aromatic carbocycles. The van der Waals surface area contributed by atoms with Crippen LogP contribution in [0.15, 0.2) is 243 Å². The molecule has 0 amide bonds. The first kappa shape index (κ1) is 35.2. The highest BCUT2D eigenvalue weighted by Crippen LogP contribution is 2.41. The molecular formula is C58H40N2. The Labute approximate surface area is 350 Å². The lowest BCUT2D eigenvalue weighted by Gasteiger charge is -2.26. The van der Waals surface area contributed by atoms with Crippen LogP contribution in [-0.2, 0) is 0 Å². The molecule has 2 heteroatoms. The van der Waals surface area contributed by atoms with Crippen molar-refractivity contribution in [3.63, 3.8) is 0 Å². The number of anilines is 3. The molecule has 2 nitrogen and oxygen atoms in total. The Bertz CT molecular complexity index is 3270. The fourth-order valence-electron chi connectivity index (χ4n) is 8.89. The molecule has 0 aliphatic carbocycles. The van der Waals surface area contributed by atoms with E-state index in [-0.39, 0.29) is 0 Å². The van der Waals surface area contributed by atoms with Crippen LogP contribution in [0.3, 0.4) is 0 Å². The van der Waals surface area contributed by atoms with Crippen molar-refractivity contribution in [2.45, 2.75) is 0 Å². The number of hydrogen-bond acceptors (Lipinski definition) is 1. The highest BCUT2D eigenvalue weighted by atomic mass is 15.1. The second-order valence-electron chi connectivity index (χ2n) is 15.3. The van der Waals surface area contributed by atoms with Crippen molar-refractivity contribution in [1.29, 1.82) is 0 Å². The average Bonchev–Trinajstić information content (AvgIpc) is 3.66. The maximum Gasteiger partial charge on any atom is 0.0547 e. The largest absolute Gasteiger partial charge is 0.311 e. The van der Waals surface area contributed by atoms with E-state index in [1.807, 2.05) is 0 Å². The predicted octanol–water partition coefficient (Wildman–Crippen LogP) is 16.1. The van der Waals surface area contributed by atoms with Crippen LogP contribution in [0.2, 0.25) is 0 Å². The molecule has 0 N–H and O–H groups in total. The molecule has 0 aliphatic rings. The van der Waals surface area contributed by atoms with Crippen LogP contribution in [0.25, 0.3) is 82.8 Å².